The molecular formula is C13H14N4O2. The van der Waals surface area contributed by atoms with E-state index in [4.69, 9.17) is 10.00 Å². The van der Waals surface area contributed by atoms with Gasteiger partial charge in [-0.25, -0.2) is 4.98 Å². The van der Waals surface area contributed by atoms with E-state index in [0.29, 0.717) is 43.2 Å². The van der Waals surface area contributed by atoms with Crippen LogP contribution in [0.4, 0.5) is 5.82 Å². The van der Waals surface area contributed by atoms with Crippen LogP contribution in [0, 0.1) is 11.5 Å². The number of ether oxygens (including phenoxy) is 1. The third kappa shape index (κ3) is 2.72. The molecule has 1 aliphatic heterocycles. The largest absolute Gasteiger partial charge is 0.378 e. The van der Waals surface area contributed by atoms with Crippen molar-refractivity contribution in [1.82, 2.24) is 9.88 Å². The number of hydrogen-bond donors (Lipinski definition) is 1. The summed E-state index contributed by atoms with van der Waals surface area (Å²) in [5.41, 5.74) is 1.03. The van der Waals surface area contributed by atoms with Crippen molar-refractivity contribution in [2.75, 3.05) is 31.6 Å². The lowest BCUT2D eigenvalue weighted by Crippen LogP contribution is -2.41. The summed E-state index contributed by atoms with van der Waals surface area (Å²) in [4.78, 5) is 18.2. The summed E-state index contributed by atoms with van der Waals surface area (Å²) in [5.74, 6) is 0.248. The predicted octanol–water partition coefficient (Wildman–Crippen LogP) is 1.09. The minimum absolute atomic E-state index is 0.0958. The van der Waals surface area contributed by atoms with Crippen molar-refractivity contribution in [2.45, 2.75) is 0 Å². The first-order chi connectivity index (χ1) is 9.27. The molecule has 0 unspecified atom stereocenters. The van der Waals surface area contributed by atoms with Gasteiger partial charge < -0.3 is 9.64 Å². The molecule has 1 fully saturated rings. The Bertz CT molecular complexity index is 530. The van der Waals surface area contributed by atoms with Gasteiger partial charge in [0.05, 0.1) is 18.8 Å². The fourth-order valence-corrected chi connectivity index (χ4v) is 1.96. The third-order valence-electron chi connectivity index (χ3n) is 2.90. The first-order valence-corrected chi connectivity index (χ1v) is 5.91. The zero-order chi connectivity index (χ0) is 13.7. The second-order valence-corrected chi connectivity index (χ2v) is 3.97. The van der Waals surface area contributed by atoms with E-state index in [1.165, 1.54) is 12.3 Å². The van der Waals surface area contributed by atoms with Crippen molar-refractivity contribution in [1.29, 1.82) is 5.26 Å². The van der Waals surface area contributed by atoms with E-state index in [1.807, 2.05) is 0 Å². The molecule has 1 amide bonds. The van der Waals surface area contributed by atoms with Crippen molar-refractivity contribution in [2.24, 2.45) is 0 Å². The molecule has 1 saturated heterocycles. The quantitative estimate of drug-likeness (QED) is 0.648. The number of carbonyl (C=O) groups excluding carboxylic acids is 1. The maximum absolute atomic E-state index is 12.4. The number of nitrogens with zero attached hydrogens (tertiary/aromatic N) is 3. The standard InChI is InChI=1S/C13H14N4O2/c1-2-10-11(3-4-15-12(10)16-9-14)13(18)17-5-7-19-8-6-17/h2-4H,1,5-8H2,(H,15,16). The average molecular weight is 258 g/mol. The van der Waals surface area contributed by atoms with Crippen LogP contribution in [0.5, 0.6) is 0 Å². The molecule has 1 N–H and O–H groups in total. The molecule has 1 aliphatic rings. The smallest absolute Gasteiger partial charge is 0.254 e. The summed E-state index contributed by atoms with van der Waals surface area (Å²) in [6.07, 6.45) is 4.83. The van der Waals surface area contributed by atoms with Gasteiger partial charge in [0.15, 0.2) is 6.19 Å². The molecule has 0 aromatic carbocycles. The van der Waals surface area contributed by atoms with Gasteiger partial charge in [0.2, 0.25) is 0 Å². The first-order valence-electron chi connectivity index (χ1n) is 5.91. The van der Waals surface area contributed by atoms with Crippen LogP contribution < -0.4 is 5.32 Å². The lowest BCUT2D eigenvalue weighted by molar-refractivity contribution is 0.0302. The zero-order valence-electron chi connectivity index (χ0n) is 10.4. The summed E-state index contributed by atoms with van der Waals surface area (Å²) < 4.78 is 5.22. The number of morpholine rings is 1. The normalized spacial score (nSPS) is 14.6. The van der Waals surface area contributed by atoms with Gasteiger partial charge in [0.25, 0.3) is 5.91 Å². The summed E-state index contributed by atoms with van der Waals surface area (Å²) in [7, 11) is 0. The Morgan fingerprint density at radius 1 is 1.58 bits per heavy atom. The van der Waals surface area contributed by atoms with E-state index < -0.39 is 0 Å². The van der Waals surface area contributed by atoms with Gasteiger partial charge >= 0.3 is 0 Å². The summed E-state index contributed by atoms with van der Waals surface area (Å²) in [5, 5.41) is 11.1. The Morgan fingerprint density at radius 3 is 2.95 bits per heavy atom. The van der Waals surface area contributed by atoms with Gasteiger partial charge in [0.1, 0.15) is 5.82 Å². The zero-order valence-corrected chi connectivity index (χ0v) is 10.4. The number of nitriles is 1. The van der Waals surface area contributed by atoms with Gasteiger partial charge in [-0.2, -0.15) is 5.26 Å². The van der Waals surface area contributed by atoms with E-state index in [0.717, 1.165) is 0 Å². The second kappa shape index (κ2) is 5.98. The van der Waals surface area contributed by atoms with Gasteiger partial charge in [0, 0.05) is 24.8 Å². The molecule has 6 nitrogen and oxygen atoms in total. The van der Waals surface area contributed by atoms with Gasteiger partial charge in [-0.15, -0.1) is 0 Å². The van der Waals surface area contributed by atoms with E-state index >= 15 is 0 Å². The lowest BCUT2D eigenvalue weighted by Gasteiger charge is -2.27. The van der Waals surface area contributed by atoms with Crippen LogP contribution in [-0.4, -0.2) is 42.1 Å². The van der Waals surface area contributed by atoms with Crippen LogP contribution in [0.3, 0.4) is 0 Å². The van der Waals surface area contributed by atoms with Crippen molar-refractivity contribution in [3.63, 3.8) is 0 Å². The molecule has 0 bridgehead atoms. The van der Waals surface area contributed by atoms with Crippen molar-refractivity contribution < 1.29 is 9.53 Å². The second-order valence-electron chi connectivity index (χ2n) is 3.97. The number of amides is 1. The van der Waals surface area contributed by atoms with E-state index in [1.54, 1.807) is 17.2 Å². The Labute approximate surface area is 111 Å². The first kappa shape index (κ1) is 13.1. The third-order valence-corrected chi connectivity index (χ3v) is 2.90. The number of nitrogens with one attached hydrogen (secondary N) is 1. The molecule has 98 valence electrons. The average Bonchev–Trinajstić information content (AvgIpc) is 2.47. The van der Waals surface area contributed by atoms with Crippen LogP contribution in [0.2, 0.25) is 0 Å². The fourth-order valence-electron chi connectivity index (χ4n) is 1.96. The Kier molecular flexibility index (Phi) is 4.11. The summed E-state index contributed by atoms with van der Waals surface area (Å²) in [6, 6.07) is 1.64. The molecular weight excluding hydrogens is 244 g/mol. The van der Waals surface area contributed by atoms with Crippen molar-refractivity contribution >= 4 is 17.8 Å². The predicted molar refractivity (Wildman–Crippen MR) is 70.3 cm³/mol. The van der Waals surface area contributed by atoms with Crippen molar-refractivity contribution in [3.05, 3.63) is 30.0 Å². The maximum Gasteiger partial charge on any atom is 0.254 e. The number of rotatable bonds is 3. The topological polar surface area (TPSA) is 78.2 Å². The minimum Gasteiger partial charge on any atom is -0.378 e. The molecule has 0 spiro atoms. The Hall–Kier alpha value is -2.39. The van der Waals surface area contributed by atoms with Crippen LogP contribution >= 0.6 is 0 Å². The van der Waals surface area contributed by atoms with E-state index in [2.05, 4.69) is 16.9 Å². The molecule has 1 aromatic heterocycles. The highest BCUT2D eigenvalue weighted by Crippen LogP contribution is 2.20. The molecule has 19 heavy (non-hydrogen) atoms. The number of carbonyl (C=O) groups is 1. The molecule has 0 saturated carbocycles. The summed E-state index contributed by atoms with van der Waals surface area (Å²) >= 11 is 0. The number of aromatic nitrogens is 1. The van der Waals surface area contributed by atoms with E-state index in [-0.39, 0.29) is 5.91 Å². The van der Waals surface area contributed by atoms with Gasteiger partial charge in [-0.1, -0.05) is 12.7 Å². The highest BCUT2D eigenvalue weighted by atomic mass is 16.5. The molecule has 0 atom stereocenters. The van der Waals surface area contributed by atoms with Crippen LogP contribution in [0.15, 0.2) is 18.8 Å². The van der Waals surface area contributed by atoms with Crippen molar-refractivity contribution in [3.8, 4) is 6.19 Å². The lowest BCUT2D eigenvalue weighted by atomic mass is 10.1. The number of anilines is 1. The Morgan fingerprint density at radius 2 is 2.32 bits per heavy atom. The van der Waals surface area contributed by atoms with E-state index in [9.17, 15) is 4.79 Å². The van der Waals surface area contributed by atoms with Gasteiger partial charge in [-0.05, 0) is 6.07 Å². The van der Waals surface area contributed by atoms with Gasteiger partial charge in [-0.3, -0.25) is 10.1 Å². The SMILES string of the molecule is C=Cc1c(C(=O)N2CCOCC2)ccnc1NC#N. The van der Waals surface area contributed by atoms with Crippen LogP contribution in [-0.2, 0) is 4.74 Å². The highest BCUT2D eigenvalue weighted by Gasteiger charge is 2.21. The number of pyridine rings is 1. The van der Waals surface area contributed by atoms with Crippen LogP contribution in [0.1, 0.15) is 15.9 Å². The monoisotopic (exact) mass is 258 g/mol. The molecule has 6 heteroatoms. The summed E-state index contributed by atoms with van der Waals surface area (Å²) in [6.45, 7) is 5.90. The molecule has 2 heterocycles. The molecule has 0 aliphatic carbocycles. The highest BCUT2D eigenvalue weighted by molar-refractivity contribution is 5.99. The molecule has 1 aromatic rings. The molecule has 2 rings (SSSR count). The maximum atomic E-state index is 12.4. The fraction of sp³-hybridized carbons (Fsp3) is 0.308. The Balaban J connectivity index is 2.33. The minimum atomic E-state index is -0.0958. The number of hydrogen-bond acceptors (Lipinski definition) is 5. The molecule has 0 radical (unpaired) electrons. The van der Waals surface area contributed by atoms with Crippen LogP contribution in [0.25, 0.3) is 6.08 Å².